The molecule has 8 nitrogen and oxygen atoms in total. The van der Waals surface area contributed by atoms with Gasteiger partial charge in [0, 0.05) is 37.8 Å². The second kappa shape index (κ2) is 10.7. The van der Waals surface area contributed by atoms with E-state index in [1.165, 1.54) is 4.31 Å². The van der Waals surface area contributed by atoms with E-state index >= 15 is 0 Å². The number of nitrogens with zero attached hydrogens (tertiary/aromatic N) is 4. The molecule has 2 aromatic carbocycles. The Hall–Kier alpha value is -2.11. The van der Waals surface area contributed by atoms with Gasteiger partial charge in [-0.2, -0.15) is 4.31 Å². The first-order valence-corrected chi connectivity index (χ1v) is 13.6. The lowest BCUT2D eigenvalue weighted by Gasteiger charge is -2.38. The minimum Gasteiger partial charge on any atom is -0.383 e. The molecule has 1 unspecified atom stereocenters. The monoisotopic (exact) mass is 548 g/mol. The molecule has 1 fully saturated rings. The van der Waals surface area contributed by atoms with E-state index in [-0.39, 0.29) is 11.6 Å². The lowest BCUT2D eigenvalue weighted by molar-refractivity contribution is 0.122. The van der Waals surface area contributed by atoms with E-state index in [4.69, 9.17) is 9.72 Å². The van der Waals surface area contributed by atoms with E-state index in [9.17, 15) is 13.2 Å². The summed E-state index contributed by atoms with van der Waals surface area (Å²) in [5, 5.41) is 0.586. The maximum absolute atomic E-state index is 13.3. The van der Waals surface area contributed by atoms with Crippen LogP contribution >= 0.6 is 15.9 Å². The number of rotatable bonds is 8. The third-order valence-corrected chi connectivity index (χ3v) is 8.70. The summed E-state index contributed by atoms with van der Waals surface area (Å²) in [5.41, 5.74) is 0.596. The molecule has 0 aliphatic carbocycles. The number of aromatic nitrogens is 2. The van der Waals surface area contributed by atoms with Gasteiger partial charge in [0.1, 0.15) is 5.82 Å². The van der Waals surface area contributed by atoms with Gasteiger partial charge in [-0.15, -0.1) is 0 Å². The van der Waals surface area contributed by atoms with Crippen molar-refractivity contribution in [1.82, 2.24) is 18.8 Å². The van der Waals surface area contributed by atoms with Crippen molar-refractivity contribution in [2.75, 3.05) is 39.9 Å². The molecule has 1 aromatic heterocycles. The molecule has 10 heteroatoms. The largest absolute Gasteiger partial charge is 0.383 e. The fourth-order valence-corrected chi connectivity index (χ4v) is 6.14. The van der Waals surface area contributed by atoms with Crippen LogP contribution in [0.4, 0.5) is 0 Å². The van der Waals surface area contributed by atoms with Crippen molar-refractivity contribution < 1.29 is 13.2 Å². The van der Waals surface area contributed by atoms with Crippen LogP contribution in [0.15, 0.2) is 62.7 Å². The summed E-state index contributed by atoms with van der Waals surface area (Å²) < 4.78 is 35.5. The Morgan fingerprint density at radius 1 is 1.06 bits per heavy atom. The van der Waals surface area contributed by atoms with Crippen LogP contribution in [0.1, 0.15) is 25.2 Å². The number of para-hydroxylation sites is 1. The molecule has 1 aliphatic heterocycles. The molecule has 3 aromatic rings. The highest BCUT2D eigenvalue weighted by Gasteiger charge is 2.32. The zero-order valence-electron chi connectivity index (χ0n) is 19.4. The number of piperazine rings is 1. The quantitative estimate of drug-likeness (QED) is 0.429. The van der Waals surface area contributed by atoms with E-state index in [1.807, 2.05) is 18.2 Å². The van der Waals surface area contributed by atoms with Crippen molar-refractivity contribution in [2.24, 2.45) is 0 Å². The Morgan fingerprint density at radius 3 is 2.38 bits per heavy atom. The van der Waals surface area contributed by atoms with Gasteiger partial charge in [0.25, 0.3) is 5.56 Å². The van der Waals surface area contributed by atoms with E-state index in [0.717, 1.165) is 10.9 Å². The smallest absolute Gasteiger partial charge is 0.261 e. The number of hydrogen-bond acceptors (Lipinski definition) is 6. The molecule has 182 valence electrons. The second-order valence-electron chi connectivity index (χ2n) is 8.25. The van der Waals surface area contributed by atoms with Gasteiger partial charge < -0.3 is 4.74 Å². The molecule has 0 saturated carbocycles. The topological polar surface area (TPSA) is 84.7 Å². The van der Waals surface area contributed by atoms with Crippen LogP contribution in [0, 0.1) is 0 Å². The molecular weight excluding hydrogens is 520 g/mol. The van der Waals surface area contributed by atoms with Crippen molar-refractivity contribution in [3.63, 3.8) is 0 Å². The Labute approximate surface area is 208 Å². The molecule has 0 radical (unpaired) electrons. The Balaban J connectivity index is 1.60. The number of ether oxygens (including phenoxy) is 1. The van der Waals surface area contributed by atoms with Crippen LogP contribution in [0.25, 0.3) is 10.9 Å². The summed E-state index contributed by atoms with van der Waals surface area (Å²) in [6.07, 6.45) is 0.747. The van der Waals surface area contributed by atoms with Crippen LogP contribution < -0.4 is 5.56 Å². The van der Waals surface area contributed by atoms with Gasteiger partial charge in [-0.3, -0.25) is 14.3 Å². The van der Waals surface area contributed by atoms with Crippen LogP contribution in [0.2, 0.25) is 0 Å². The molecule has 2 heterocycles. The maximum Gasteiger partial charge on any atom is 0.261 e. The van der Waals surface area contributed by atoms with Crippen molar-refractivity contribution in [3.8, 4) is 0 Å². The Morgan fingerprint density at radius 2 is 1.74 bits per heavy atom. The molecule has 1 saturated heterocycles. The molecule has 34 heavy (non-hydrogen) atoms. The summed E-state index contributed by atoms with van der Waals surface area (Å²) in [4.78, 5) is 20.7. The maximum atomic E-state index is 13.3. The van der Waals surface area contributed by atoms with Crippen molar-refractivity contribution >= 4 is 36.9 Å². The first kappa shape index (κ1) is 25.0. The fourth-order valence-electron chi connectivity index (χ4n) is 4.45. The minimum absolute atomic E-state index is 0.0763. The van der Waals surface area contributed by atoms with Gasteiger partial charge in [-0.25, -0.2) is 13.4 Å². The Bertz CT molecular complexity index is 1300. The van der Waals surface area contributed by atoms with Crippen LogP contribution in [-0.4, -0.2) is 67.1 Å². The lowest BCUT2D eigenvalue weighted by Crippen LogP contribution is -2.50. The predicted octanol–water partition coefficient (Wildman–Crippen LogP) is 3.26. The minimum atomic E-state index is -3.56. The summed E-state index contributed by atoms with van der Waals surface area (Å²) in [6, 6.07) is 14.0. The number of halogens is 1. The highest BCUT2D eigenvalue weighted by Crippen LogP contribution is 2.27. The average Bonchev–Trinajstić information content (AvgIpc) is 2.85. The first-order chi connectivity index (χ1) is 16.4. The number of sulfonamides is 1. The van der Waals surface area contributed by atoms with E-state index in [1.54, 1.807) is 42.0 Å². The van der Waals surface area contributed by atoms with E-state index in [0.29, 0.717) is 61.0 Å². The lowest BCUT2D eigenvalue weighted by atomic mass is 10.1. The van der Waals surface area contributed by atoms with Crippen molar-refractivity contribution in [1.29, 1.82) is 0 Å². The molecule has 0 N–H and O–H groups in total. The SMILES string of the molecule is CCC(c1nc2ccccc2c(=O)n1CCOC)N1CCN(S(=O)(=O)c2ccc(Br)cc2)CC1. The third-order valence-electron chi connectivity index (χ3n) is 6.26. The summed E-state index contributed by atoms with van der Waals surface area (Å²) >= 11 is 3.35. The van der Waals surface area contributed by atoms with Gasteiger partial charge in [-0.1, -0.05) is 35.0 Å². The highest BCUT2D eigenvalue weighted by molar-refractivity contribution is 9.10. The summed E-state index contributed by atoms with van der Waals surface area (Å²) in [6.45, 7) is 4.76. The molecule has 4 rings (SSSR count). The van der Waals surface area contributed by atoms with E-state index in [2.05, 4.69) is 27.8 Å². The molecule has 1 atom stereocenters. The van der Waals surface area contributed by atoms with Crippen LogP contribution in [-0.2, 0) is 21.3 Å². The zero-order valence-corrected chi connectivity index (χ0v) is 21.8. The number of methoxy groups -OCH3 is 1. The normalized spacial score (nSPS) is 16.7. The molecule has 0 amide bonds. The zero-order chi connectivity index (χ0) is 24.3. The average molecular weight is 549 g/mol. The van der Waals surface area contributed by atoms with Crippen LogP contribution in [0.5, 0.6) is 0 Å². The summed E-state index contributed by atoms with van der Waals surface area (Å²) in [5.74, 6) is 0.701. The molecular formula is C24H29BrN4O4S. The summed E-state index contributed by atoms with van der Waals surface area (Å²) in [7, 11) is -1.94. The van der Waals surface area contributed by atoms with Gasteiger partial charge in [-0.05, 0) is 42.8 Å². The van der Waals surface area contributed by atoms with E-state index < -0.39 is 10.0 Å². The highest BCUT2D eigenvalue weighted by atomic mass is 79.9. The van der Waals surface area contributed by atoms with Crippen molar-refractivity contribution in [3.05, 3.63) is 69.2 Å². The number of fused-ring (bicyclic) bond motifs is 1. The standard InChI is InChI=1S/C24H29BrN4O4S/c1-3-22(23-26-21-7-5-4-6-20(21)24(30)29(23)16-17-33-2)27-12-14-28(15-13-27)34(31,32)19-10-8-18(25)9-11-19/h4-11,22H,3,12-17H2,1-2H3. The van der Waals surface area contributed by atoms with Gasteiger partial charge in [0.2, 0.25) is 10.0 Å². The van der Waals surface area contributed by atoms with Gasteiger partial charge >= 0.3 is 0 Å². The number of hydrogen-bond donors (Lipinski definition) is 0. The fraction of sp³-hybridized carbons (Fsp3) is 0.417. The van der Waals surface area contributed by atoms with Crippen LogP contribution in [0.3, 0.4) is 0 Å². The molecule has 1 aliphatic rings. The van der Waals surface area contributed by atoms with Gasteiger partial charge in [0.15, 0.2) is 0 Å². The first-order valence-electron chi connectivity index (χ1n) is 11.3. The predicted molar refractivity (Wildman–Crippen MR) is 135 cm³/mol. The van der Waals surface area contributed by atoms with Crippen molar-refractivity contribution in [2.45, 2.75) is 30.8 Å². The molecule has 0 spiro atoms. The third kappa shape index (κ3) is 4.96. The Kier molecular flexibility index (Phi) is 7.83. The van der Waals surface area contributed by atoms with Gasteiger partial charge in [0.05, 0.1) is 35.0 Å². The molecule has 0 bridgehead atoms. The second-order valence-corrected chi connectivity index (χ2v) is 11.1. The number of benzene rings is 2.